The number of nitrogen functional groups attached to an aromatic ring is 1. The summed E-state index contributed by atoms with van der Waals surface area (Å²) in [5.41, 5.74) is 9.11. The highest BCUT2D eigenvalue weighted by atomic mass is 35.5. The zero-order valence-corrected chi connectivity index (χ0v) is 16.0. The maximum absolute atomic E-state index is 5.95. The zero-order chi connectivity index (χ0) is 15.8. The molecule has 2 aromatic carbocycles. The first kappa shape index (κ1) is 22.6. The van der Waals surface area contributed by atoms with Crippen LogP contribution in [0.1, 0.15) is 31.4 Å². The molecule has 0 amide bonds. The van der Waals surface area contributed by atoms with Gasteiger partial charge in [-0.05, 0) is 36.7 Å². The van der Waals surface area contributed by atoms with Gasteiger partial charge in [-0.15, -0.1) is 24.8 Å². The molecule has 2 aromatic rings. The van der Waals surface area contributed by atoms with Gasteiger partial charge in [-0.25, -0.2) is 0 Å². The summed E-state index contributed by atoms with van der Waals surface area (Å²) in [5.74, 6) is 0.933. The number of ether oxygens (including phenoxy) is 1. The van der Waals surface area contributed by atoms with Crippen molar-refractivity contribution < 1.29 is 4.74 Å². The predicted octanol–water partition coefficient (Wildman–Crippen LogP) is 4.47. The molecule has 0 aromatic heterocycles. The summed E-state index contributed by atoms with van der Waals surface area (Å²) >= 11 is 0. The van der Waals surface area contributed by atoms with Crippen LogP contribution in [0, 0.1) is 0 Å². The molecule has 0 aliphatic carbocycles. The molecule has 5 heteroatoms. The molecular formula is C19H28Cl2N2O. The number of halogens is 2. The van der Waals surface area contributed by atoms with Crippen LogP contribution in [-0.2, 0) is 6.42 Å². The van der Waals surface area contributed by atoms with Crippen molar-refractivity contribution in [1.29, 1.82) is 0 Å². The zero-order valence-electron chi connectivity index (χ0n) is 14.3. The first-order valence-corrected chi connectivity index (χ1v) is 7.93. The Balaban J connectivity index is 0.00000264. The fourth-order valence-corrected chi connectivity index (χ4v) is 2.34. The van der Waals surface area contributed by atoms with Gasteiger partial charge in [0.2, 0.25) is 0 Å². The van der Waals surface area contributed by atoms with Crippen LogP contribution in [0.2, 0.25) is 0 Å². The van der Waals surface area contributed by atoms with Crippen LogP contribution in [-0.4, -0.2) is 19.2 Å². The van der Waals surface area contributed by atoms with E-state index < -0.39 is 0 Å². The van der Waals surface area contributed by atoms with E-state index in [0.29, 0.717) is 12.6 Å². The molecule has 0 fully saturated rings. The molecule has 24 heavy (non-hydrogen) atoms. The number of anilines is 1. The van der Waals surface area contributed by atoms with Crippen LogP contribution in [0.25, 0.3) is 0 Å². The number of hydrogen-bond acceptors (Lipinski definition) is 3. The van der Waals surface area contributed by atoms with E-state index in [1.807, 2.05) is 24.3 Å². The van der Waals surface area contributed by atoms with Crippen LogP contribution in [0.5, 0.6) is 5.75 Å². The molecule has 0 bridgehead atoms. The molecule has 0 aliphatic rings. The molecule has 0 saturated carbocycles. The van der Waals surface area contributed by atoms with E-state index in [-0.39, 0.29) is 24.8 Å². The lowest BCUT2D eigenvalue weighted by molar-refractivity contribution is 0.304. The van der Waals surface area contributed by atoms with E-state index >= 15 is 0 Å². The highest BCUT2D eigenvalue weighted by Crippen LogP contribution is 2.24. The second kappa shape index (κ2) is 12.0. The van der Waals surface area contributed by atoms with Crippen molar-refractivity contribution in [1.82, 2.24) is 5.32 Å². The quantitative estimate of drug-likeness (QED) is 0.532. The first-order valence-electron chi connectivity index (χ1n) is 7.93. The summed E-state index contributed by atoms with van der Waals surface area (Å²) in [6.45, 7) is 5.99. The fraction of sp³-hybridized carbons (Fsp3) is 0.368. The standard InChI is InChI=1S/C19H26N2O.2ClH/c1-15(2)21-11-6-12-22-19-10-9-18(20)14-17(19)13-16-7-4-3-5-8-16;;/h3-5,7-10,14-15,21H,6,11-13,20H2,1-2H3;2*1H. The number of hydrogen-bond donors (Lipinski definition) is 2. The molecule has 134 valence electrons. The third-order valence-electron chi connectivity index (χ3n) is 3.45. The minimum absolute atomic E-state index is 0. The molecule has 3 N–H and O–H groups in total. The summed E-state index contributed by atoms with van der Waals surface area (Å²) < 4.78 is 5.95. The van der Waals surface area contributed by atoms with E-state index in [4.69, 9.17) is 10.5 Å². The van der Waals surface area contributed by atoms with E-state index in [9.17, 15) is 0 Å². The first-order chi connectivity index (χ1) is 10.6. The molecule has 0 saturated heterocycles. The van der Waals surface area contributed by atoms with Gasteiger partial charge in [0.15, 0.2) is 0 Å². The predicted molar refractivity (Wildman–Crippen MR) is 108 cm³/mol. The summed E-state index contributed by atoms with van der Waals surface area (Å²) in [5, 5.41) is 3.40. The molecule has 0 atom stereocenters. The summed E-state index contributed by atoms with van der Waals surface area (Å²) in [7, 11) is 0. The molecule has 3 nitrogen and oxygen atoms in total. The maximum atomic E-state index is 5.95. The topological polar surface area (TPSA) is 47.3 Å². The van der Waals surface area contributed by atoms with Gasteiger partial charge in [-0.2, -0.15) is 0 Å². The lowest BCUT2D eigenvalue weighted by atomic mass is 10.0. The SMILES string of the molecule is CC(C)NCCCOc1ccc(N)cc1Cc1ccccc1.Cl.Cl. The van der Waals surface area contributed by atoms with Crippen molar-refractivity contribution in [3.8, 4) is 5.75 Å². The molecule has 2 rings (SSSR count). The molecule has 0 unspecified atom stereocenters. The molecule has 0 aliphatic heterocycles. The molecule has 0 radical (unpaired) electrons. The van der Waals surface area contributed by atoms with Crippen molar-refractivity contribution in [2.45, 2.75) is 32.7 Å². The van der Waals surface area contributed by atoms with Crippen molar-refractivity contribution in [2.24, 2.45) is 0 Å². The van der Waals surface area contributed by atoms with Crippen LogP contribution in [0.3, 0.4) is 0 Å². The smallest absolute Gasteiger partial charge is 0.122 e. The van der Waals surface area contributed by atoms with Crippen LogP contribution < -0.4 is 15.8 Å². The largest absolute Gasteiger partial charge is 0.493 e. The van der Waals surface area contributed by atoms with Gasteiger partial charge >= 0.3 is 0 Å². The Kier molecular flexibility index (Phi) is 11.3. The van der Waals surface area contributed by atoms with E-state index in [1.165, 1.54) is 5.56 Å². The third kappa shape index (κ3) is 7.91. The number of benzene rings is 2. The molecule has 0 spiro atoms. The Morgan fingerprint density at radius 2 is 1.75 bits per heavy atom. The van der Waals surface area contributed by atoms with Crippen LogP contribution in [0.15, 0.2) is 48.5 Å². The summed E-state index contributed by atoms with van der Waals surface area (Å²) in [6, 6.07) is 16.8. The van der Waals surface area contributed by atoms with E-state index in [2.05, 4.69) is 43.4 Å². The van der Waals surface area contributed by atoms with Gasteiger partial charge < -0.3 is 15.8 Å². The van der Waals surface area contributed by atoms with Crippen molar-refractivity contribution in [2.75, 3.05) is 18.9 Å². The minimum Gasteiger partial charge on any atom is -0.493 e. The summed E-state index contributed by atoms with van der Waals surface area (Å²) in [6.07, 6.45) is 1.83. The Hall–Kier alpha value is -1.42. The van der Waals surface area contributed by atoms with Crippen molar-refractivity contribution in [3.63, 3.8) is 0 Å². The van der Waals surface area contributed by atoms with Gasteiger partial charge in [-0.1, -0.05) is 44.2 Å². The van der Waals surface area contributed by atoms with Crippen LogP contribution in [0.4, 0.5) is 5.69 Å². The Bertz CT molecular complexity index is 577. The lowest BCUT2D eigenvalue weighted by Crippen LogP contribution is -2.24. The van der Waals surface area contributed by atoms with Crippen molar-refractivity contribution >= 4 is 30.5 Å². The van der Waals surface area contributed by atoms with E-state index in [1.54, 1.807) is 0 Å². The van der Waals surface area contributed by atoms with Gasteiger partial charge in [0.25, 0.3) is 0 Å². The van der Waals surface area contributed by atoms with Gasteiger partial charge in [0.05, 0.1) is 6.61 Å². The second-order valence-corrected chi connectivity index (χ2v) is 5.84. The Morgan fingerprint density at radius 1 is 1.04 bits per heavy atom. The normalized spacial score (nSPS) is 9.96. The van der Waals surface area contributed by atoms with Crippen molar-refractivity contribution in [3.05, 3.63) is 59.7 Å². The fourth-order valence-electron chi connectivity index (χ4n) is 2.34. The van der Waals surface area contributed by atoms with Crippen LogP contribution >= 0.6 is 24.8 Å². The highest BCUT2D eigenvalue weighted by molar-refractivity contribution is 5.85. The van der Waals surface area contributed by atoms with E-state index in [0.717, 1.165) is 36.4 Å². The minimum atomic E-state index is 0. The highest BCUT2D eigenvalue weighted by Gasteiger charge is 2.06. The Labute approximate surface area is 157 Å². The van der Waals surface area contributed by atoms with Gasteiger partial charge in [0.1, 0.15) is 5.75 Å². The second-order valence-electron chi connectivity index (χ2n) is 5.84. The summed E-state index contributed by atoms with van der Waals surface area (Å²) in [4.78, 5) is 0. The number of nitrogens with one attached hydrogen (secondary N) is 1. The number of nitrogens with two attached hydrogens (primary N) is 1. The average Bonchev–Trinajstić information content (AvgIpc) is 2.49. The molecular weight excluding hydrogens is 343 g/mol. The maximum Gasteiger partial charge on any atom is 0.122 e. The third-order valence-corrected chi connectivity index (χ3v) is 3.45. The number of rotatable bonds is 8. The average molecular weight is 371 g/mol. The Morgan fingerprint density at radius 3 is 2.42 bits per heavy atom. The van der Waals surface area contributed by atoms with Gasteiger partial charge in [-0.3, -0.25) is 0 Å². The monoisotopic (exact) mass is 370 g/mol. The molecule has 0 heterocycles. The lowest BCUT2D eigenvalue weighted by Gasteiger charge is -2.13. The van der Waals surface area contributed by atoms with Gasteiger partial charge in [0, 0.05) is 23.7 Å².